The van der Waals surface area contributed by atoms with E-state index in [4.69, 9.17) is 15.7 Å². The van der Waals surface area contributed by atoms with Gasteiger partial charge in [-0.2, -0.15) is 0 Å². The van der Waals surface area contributed by atoms with E-state index in [1.807, 2.05) is 13.8 Å². The molecule has 0 radical (unpaired) electrons. The van der Waals surface area contributed by atoms with Crippen LogP contribution in [-0.2, 0) is 0 Å². The van der Waals surface area contributed by atoms with Crippen LogP contribution in [-0.4, -0.2) is 22.1 Å². The van der Waals surface area contributed by atoms with Crippen LogP contribution in [0, 0.1) is 0 Å². The van der Waals surface area contributed by atoms with Crippen LogP contribution in [0.15, 0.2) is 23.5 Å². The molecule has 5 nitrogen and oxygen atoms in total. The Kier molecular flexibility index (Phi) is 3.28. The number of hydrogen-bond donors (Lipinski definition) is 2. The Bertz CT molecular complexity index is 319. The van der Waals surface area contributed by atoms with Crippen molar-refractivity contribution in [2.24, 2.45) is 10.9 Å². The first-order valence-electron chi connectivity index (χ1n) is 4.24. The summed E-state index contributed by atoms with van der Waals surface area (Å²) in [7, 11) is 0. The number of amidine groups is 1. The molecule has 1 aromatic heterocycles. The van der Waals surface area contributed by atoms with Crippen LogP contribution in [0.5, 0.6) is 5.88 Å². The van der Waals surface area contributed by atoms with Gasteiger partial charge in [0.25, 0.3) is 0 Å². The summed E-state index contributed by atoms with van der Waals surface area (Å²) < 4.78 is 5.33. The Labute approximate surface area is 82.2 Å². The summed E-state index contributed by atoms with van der Waals surface area (Å²) in [6.45, 7) is 3.83. The molecule has 0 saturated carbocycles. The van der Waals surface area contributed by atoms with E-state index >= 15 is 0 Å². The van der Waals surface area contributed by atoms with E-state index in [9.17, 15) is 0 Å². The van der Waals surface area contributed by atoms with E-state index in [0.717, 1.165) is 0 Å². The molecule has 0 spiro atoms. The SMILES string of the molecule is CC(C)Oc1ccc(/C(N)=N/O)cn1. The second-order valence-corrected chi connectivity index (χ2v) is 3.04. The molecule has 14 heavy (non-hydrogen) atoms. The summed E-state index contributed by atoms with van der Waals surface area (Å²) in [6.07, 6.45) is 1.57. The van der Waals surface area contributed by atoms with Crippen molar-refractivity contribution in [1.82, 2.24) is 4.98 Å². The third-order valence-corrected chi connectivity index (χ3v) is 1.50. The molecule has 1 aromatic rings. The van der Waals surface area contributed by atoms with Gasteiger partial charge in [-0.05, 0) is 19.9 Å². The minimum absolute atomic E-state index is 0.0357. The zero-order chi connectivity index (χ0) is 10.6. The summed E-state index contributed by atoms with van der Waals surface area (Å²) in [5, 5.41) is 11.3. The van der Waals surface area contributed by atoms with Gasteiger partial charge in [-0.3, -0.25) is 0 Å². The van der Waals surface area contributed by atoms with E-state index in [1.165, 1.54) is 6.20 Å². The molecule has 1 rings (SSSR count). The van der Waals surface area contributed by atoms with E-state index in [-0.39, 0.29) is 11.9 Å². The van der Waals surface area contributed by atoms with E-state index in [2.05, 4.69) is 10.1 Å². The smallest absolute Gasteiger partial charge is 0.213 e. The van der Waals surface area contributed by atoms with Crippen LogP contribution in [0.25, 0.3) is 0 Å². The lowest BCUT2D eigenvalue weighted by Crippen LogP contribution is -2.13. The summed E-state index contributed by atoms with van der Waals surface area (Å²) in [5.41, 5.74) is 5.92. The van der Waals surface area contributed by atoms with Crippen molar-refractivity contribution in [2.75, 3.05) is 0 Å². The molecule has 0 bridgehead atoms. The van der Waals surface area contributed by atoms with Gasteiger partial charge in [-0.25, -0.2) is 4.98 Å². The fraction of sp³-hybridized carbons (Fsp3) is 0.333. The largest absolute Gasteiger partial charge is 0.475 e. The van der Waals surface area contributed by atoms with Crippen LogP contribution < -0.4 is 10.5 Å². The summed E-state index contributed by atoms with van der Waals surface area (Å²) >= 11 is 0. The number of nitrogens with two attached hydrogens (primary N) is 1. The second-order valence-electron chi connectivity index (χ2n) is 3.04. The summed E-state index contributed by atoms with van der Waals surface area (Å²) in [4.78, 5) is 3.99. The number of ether oxygens (including phenoxy) is 1. The topological polar surface area (TPSA) is 80.7 Å². The maximum absolute atomic E-state index is 8.41. The minimum Gasteiger partial charge on any atom is -0.475 e. The number of oxime groups is 1. The van der Waals surface area contributed by atoms with E-state index in [0.29, 0.717) is 11.4 Å². The Morgan fingerprint density at radius 3 is 2.71 bits per heavy atom. The zero-order valence-electron chi connectivity index (χ0n) is 8.14. The summed E-state index contributed by atoms with van der Waals surface area (Å²) in [5.74, 6) is 0.558. The van der Waals surface area contributed by atoms with Gasteiger partial charge in [-0.15, -0.1) is 0 Å². The first-order valence-corrected chi connectivity index (χ1v) is 4.24. The molecule has 5 heteroatoms. The molecule has 0 fully saturated rings. The first-order chi connectivity index (χ1) is 6.63. The van der Waals surface area contributed by atoms with Gasteiger partial charge in [0, 0.05) is 17.8 Å². The Hall–Kier alpha value is -1.78. The highest BCUT2D eigenvalue weighted by molar-refractivity contribution is 5.96. The van der Waals surface area contributed by atoms with Crippen LogP contribution in [0.2, 0.25) is 0 Å². The van der Waals surface area contributed by atoms with Crippen molar-refractivity contribution in [1.29, 1.82) is 0 Å². The number of hydrogen-bond acceptors (Lipinski definition) is 4. The Morgan fingerprint density at radius 1 is 1.57 bits per heavy atom. The molecular weight excluding hydrogens is 182 g/mol. The van der Waals surface area contributed by atoms with Crippen molar-refractivity contribution in [3.05, 3.63) is 23.9 Å². The van der Waals surface area contributed by atoms with Gasteiger partial charge >= 0.3 is 0 Å². The van der Waals surface area contributed by atoms with Crippen LogP contribution in [0.1, 0.15) is 19.4 Å². The van der Waals surface area contributed by atoms with Gasteiger partial charge in [0.05, 0.1) is 6.10 Å². The van der Waals surface area contributed by atoms with Crippen LogP contribution >= 0.6 is 0 Å². The van der Waals surface area contributed by atoms with E-state index < -0.39 is 0 Å². The van der Waals surface area contributed by atoms with Crippen molar-refractivity contribution < 1.29 is 9.94 Å². The minimum atomic E-state index is 0.0357. The molecule has 76 valence electrons. The second kappa shape index (κ2) is 4.45. The normalized spacial score (nSPS) is 11.8. The molecule has 0 amide bonds. The standard InChI is InChI=1S/C9H13N3O2/c1-6(2)14-8-4-3-7(5-11-8)9(10)12-13/h3-6,13H,1-2H3,(H2,10,12). The predicted octanol–water partition coefficient (Wildman–Crippen LogP) is 0.963. The van der Waals surface area contributed by atoms with Gasteiger partial charge in [0.2, 0.25) is 5.88 Å². The number of nitrogens with zero attached hydrogens (tertiary/aromatic N) is 2. The third kappa shape index (κ3) is 2.62. The lowest BCUT2D eigenvalue weighted by molar-refractivity contribution is 0.232. The lowest BCUT2D eigenvalue weighted by Gasteiger charge is -2.08. The molecule has 0 aliphatic rings. The molecule has 0 aliphatic heterocycles. The number of pyridine rings is 1. The van der Waals surface area contributed by atoms with Crippen molar-refractivity contribution >= 4 is 5.84 Å². The van der Waals surface area contributed by atoms with Crippen molar-refractivity contribution in [2.45, 2.75) is 20.0 Å². The zero-order valence-corrected chi connectivity index (χ0v) is 8.14. The van der Waals surface area contributed by atoms with Crippen LogP contribution in [0.4, 0.5) is 0 Å². The highest BCUT2D eigenvalue weighted by atomic mass is 16.5. The predicted molar refractivity (Wildman–Crippen MR) is 52.5 cm³/mol. The maximum atomic E-state index is 8.41. The van der Waals surface area contributed by atoms with Gasteiger partial charge in [-0.1, -0.05) is 5.16 Å². The monoisotopic (exact) mass is 195 g/mol. The molecule has 3 N–H and O–H groups in total. The van der Waals surface area contributed by atoms with Crippen molar-refractivity contribution in [3.63, 3.8) is 0 Å². The average Bonchev–Trinajstić information content (AvgIpc) is 2.17. The average molecular weight is 195 g/mol. The molecule has 0 aliphatic carbocycles. The number of aromatic nitrogens is 1. The highest BCUT2D eigenvalue weighted by Crippen LogP contribution is 2.08. The van der Waals surface area contributed by atoms with Gasteiger partial charge < -0.3 is 15.7 Å². The Morgan fingerprint density at radius 2 is 2.29 bits per heavy atom. The maximum Gasteiger partial charge on any atom is 0.213 e. The summed E-state index contributed by atoms with van der Waals surface area (Å²) in [6, 6.07) is 3.35. The molecule has 0 atom stereocenters. The fourth-order valence-electron chi connectivity index (χ4n) is 0.901. The Balaban J connectivity index is 2.78. The van der Waals surface area contributed by atoms with Crippen LogP contribution in [0.3, 0.4) is 0 Å². The fourth-order valence-corrected chi connectivity index (χ4v) is 0.901. The molecule has 1 heterocycles. The van der Waals surface area contributed by atoms with Gasteiger partial charge in [0.15, 0.2) is 5.84 Å². The quantitative estimate of drug-likeness (QED) is 0.326. The molecular formula is C9H13N3O2. The number of rotatable bonds is 3. The molecule has 0 aromatic carbocycles. The van der Waals surface area contributed by atoms with Crippen molar-refractivity contribution in [3.8, 4) is 5.88 Å². The molecule has 0 unspecified atom stereocenters. The molecule has 0 saturated heterocycles. The van der Waals surface area contributed by atoms with Gasteiger partial charge in [0.1, 0.15) is 0 Å². The van der Waals surface area contributed by atoms with E-state index in [1.54, 1.807) is 12.1 Å². The first kappa shape index (κ1) is 10.3. The lowest BCUT2D eigenvalue weighted by atomic mass is 10.3. The highest BCUT2D eigenvalue weighted by Gasteiger charge is 2.01. The third-order valence-electron chi connectivity index (χ3n) is 1.50.